The van der Waals surface area contributed by atoms with Crippen molar-refractivity contribution < 1.29 is 19.4 Å². The van der Waals surface area contributed by atoms with Gasteiger partial charge >= 0.3 is 5.97 Å². The van der Waals surface area contributed by atoms with Gasteiger partial charge in [0.2, 0.25) is 0 Å². The molecule has 0 unspecified atom stereocenters. The average Bonchev–Trinajstić information content (AvgIpc) is 2.38. The van der Waals surface area contributed by atoms with Crippen LogP contribution in [0, 0.1) is 0 Å². The topological polar surface area (TPSA) is 92.6 Å². The first-order valence-corrected chi connectivity index (χ1v) is 5.36. The predicted octanol–water partition coefficient (Wildman–Crippen LogP) is 0.283. The molecule has 0 aliphatic carbocycles. The summed E-state index contributed by atoms with van der Waals surface area (Å²) < 4.78 is 4.89. The van der Waals surface area contributed by atoms with E-state index in [1.54, 1.807) is 14.2 Å². The molecule has 1 rings (SSSR count). The van der Waals surface area contributed by atoms with Gasteiger partial charge in [0, 0.05) is 27.3 Å². The lowest BCUT2D eigenvalue weighted by atomic mass is 10.3. The van der Waals surface area contributed by atoms with Crippen LogP contribution in [0.5, 0.6) is 0 Å². The van der Waals surface area contributed by atoms with Crippen LogP contribution >= 0.6 is 0 Å². The number of hydrogen-bond acceptors (Lipinski definition) is 5. The van der Waals surface area contributed by atoms with Crippen LogP contribution in [0.4, 0.5) is 0 Å². The summed E-state index contributed by atoms with van der Waals surface area (Å²) in [7, 11) is 3.24. The highest BCUT2D eigenvalue weighted by atomic mass is 16.5. The molecule has 1 heterocycles. The normalized spacial score (nSPS) is 10.1. The summed E-state index contributed by atoms with van der Waals surface area (Å²) in [5.41, 5.74) is -0.0616. The standard InChI is InChI=1S/C11H15N3O4/c1-14(4-3-5-18-2)10(15)8-6-13-9(7-12-8)11(16)17/h6-7H,3-5H2,1-2H3,(H,16,17). The molecule has 0 spiro atoms. The zero-order valence-corrected chi connectivity index (χ0v) is 10.3. The number of ether oxygens (including phenoxy) is 1. The maximum absolute atomic E-state index is 11.9. The summed E-state index contributed by atoms with van der Waals surface area (Å²) in [4.78, 5) is 31.4. The fraction of sp³-hybridized carbons (Fsp3) is 0.455. The van der Waals surface area contributed by atoms with Crippen molar-refractivity contribution in [3.8, 4) is 0 Å². The Kier molecular flexibility index (Phi) is 5.19. The van der Waals surface area contributed by atoms with E-state index in [0.717, 1.165) is 12.6 Å². The van der Waals surface area contributed by atoms with Crippen molar-refractivity contribution in [3.63, 3.8) is 0 Å². The molecule has 0 atom stereocenters. The zero-order chi connectivity index (χ0) is 13.5. The quantitative estimate of drug-likeness (QED) is 0.732. The van der Waals surface area contributed by atoms with Crippen LogP contribution in [0.2, 0.25) is 0 Å². The summed E-state index contributed by atoms with van der Waals surface area (Å²) in [5, 5.41) is 8.66. The molecule has 0 aliphatic heterocycles. The minimum absolute atomic E-state index is 0.125. The molecule has 0 saturated heterocycles. The summed E-state index contributed by atoms with van der Waals surface area (Å²) in [5.74, 6) is -1.47. The highest BCUT2D eigenvalue weighted by Gasteiger charge is 2.14. The van der Waals surface area contributed by atoms with Crippen molar-refractivity contribution in [1.29, 1.82) is 0 Å². The predicted molar refractivity (Wildman–Crippen MR) is 62.4 cm³/mol. The van der Waals surface area contributed by atoms with E-state index in [1.165, 1.54) is 11.1 Å². The SMILES string of the molecule is COCCCN(C)C(=O)c1cnc(C(=O)O)cn1. The number of methoxy groups -OCH3 is 1. The number of carbonyl (C=O) groups is 2. The van der Waals surface area contributed by atoms with Crippen molar-refractivity contribution >= 4 is 11.9 Å². The van der Waals surface area contributed by atoms with Gasteiger partial charge in [-0.15, -0.1) is 0 Å². The maximum atomic E-state index is 11.9. The monoisotopic (exact) mass is 253 g/mol. The molecule has 7 heteroatoms. The van der Waals surface area contributed by atoms with Crippen molar-refractivity contribution in [1.82, 2.24) is 14.9 Å². The van der Waals surface area contributed by atoms with Gasteiger partial charge in [0.05, 0.1) is 12.4 Å². The molecule has 1 amide bonds. The highest BCUT2D eigenvalue weighted by molar-refractivity contribution is 5.92. The van der Waals surface area contributed by atoms with Crippen LogP contribution in [-0.2, 0) is 4.74 Å². The Morgan fingerprint density at radius 1 is 1.33 bits per heavy atom. The Labute approximate surface area is 104 Å². The Balaban J connectivity index is 2.63. The fourth-order valence-corrected chi connectivity index (χ4v) is 1.29. The summed E-state index contributed by atoms with van der Waals surface area (Å²) in [6.07, 6.45) is 2.95. The third-order valence-corrected chi connectivity index (χ3v) is 2.28. The van der Waals surface area contributed by atoms with E-state index < -0.39 is 5.97 Å². The number of carbonyl (C=O) groups excluding carboxylic acids is 1. The van der Waals surface area contributed by atoms with Crippen molar-refractivity contribution in [2.24, 2.45) is 0 Å². The lowest BCUT2D eigenvalue weighted by Crippen LogP contribution is -2.29. The Hall–Kier alpha value is -2.02. The number of nitrogens with zero attached hydrogens (tertiary/aromatic N) is 3. The molecule has 0 aromatic carbocycles. The van der Waals surface area contributed by atoms with Crippen LogP contribution in [-0.4, -0.2) is 59.2 Å². The Morgan fingerprint density at radius 2 is 1.94 bits per heavy atom. The molecule has 0 saturated carbocycles. The van der Waals surface area contributed by atoms with Gasteiger partial charge in [-0.3, -0.25) is 4.79 Å². The molecule has 7 nitrogen and oxygen atoms in total. The molecule has 1 aromatic heterocycles. The van der Waals surface area contributed by atoms with Gasteiger partial charge in [0.25, 0.3) is 5.91 Å². The highest BCUT2D eigenvalue weighted by Crippen LogP contribution is 2.01. The molecular weight excluding hydrogens is 238 g/mol. The van der Waals surface area contributed by atoms with Crippen LogP contribution in [0.25, 0.3) is 0 Å². The fourth-order valence-electron chi connectivity index (χ4n) is 1.29. The van der Waals surface area contributed by atoms with Gasteiger partial charge in [-0.25, -0.2) is 14.8 Å². The second kappa shape index (κ2) is 6.65. The maximum Gasteiger partial charge on any atom is 0.356 e. The van der Waals surface area contributed by atoms with Gasteiger partial charge in [-0.05, 0) is 6.42 Å². The van der Waals surface area contributed by atoms with E-state index in [0.29, 0.717) is 13.2 Å². The first-order chi connectivity index (χ1) is 8.56. The zero-order valence-electron chi connectivity index (χ0n) is 10.3. The van der Waals surface area contributed by atoms with Gasteiger partial charge in [-0.1, -0.05) is 0 Å². The Morgan fingerprint density at radius 3 is 2.44 bits per heavy atom. The van der Waals surface area contributed by atoms with E-state index in [1.807, 2.05) is 0 Å². The van der Waals surface area contributed by atoms with Gasteiger partial charge in [0.1, 0.15) is 5.69 Å². The van der Waals surface area contributed by atoms with E-state index >= 15 is 0 Å². The summed E-state index contributed by atoms with van der Waals surface area (Å²) in [6, 6.07) is 0. The molecule has 0 fully saturated rings. The van der Waals surface area contributed by atoms with Crippen molar-refractivity contribution in [2.45, 2.75) is 6.42 Å². The van der Waals surface area contributed by atoms with E-state index in [-0.39, 0.29) is 17.3 Å². The summed E-state index contributed by atoms with van der Waals surface area (Å²) >= 11 is 0. The number of carboxylic acid groups (broad SMARTS) is 1. The van der Waals surface area contributed by atoms with Crippen molar-refractivity contribution in [3.05, 3.63) is 23.8 Å². The number of rotatable bonds is 6. The average molecular weight is 253 g/mol. The molecular formula is C11H15N3O4. The third-order valence-electron chi connectivity index (χ3n) is 2.28. The van der Waals surface area contributed by atoms with Gasteiger partial charge in [-0.2, -0.15) is 0 Å². The number of aromatic carboxylic acids is 1. The number of carboxylic acids is 1. The molecule has 1 aromatic rings. The molecule has 0 aliphatic rings. The van der Waals surface area contributed by atoms with Crippen molar-refractivity contribution in [2.75, 3.05) is 27.3 Å². The van der Waals surface area contributed by atoms with E-state index in [2.05, 4.69) is 9.97 Å². The van der Waals surface area contributed by atoms with E-state index in [9.17, 15) is 9.59 Å². The lowest BCUT2D eigenvalue weighted by Gasteiger charge is -2.15. The Bertz CT molecular complexity index is 419. The minimum atomic E-state index is -1.17. The van der Waals surface area contributed by atoms with Crippen LogP contribution < -0.4 is 0 Å². The molecule has 0 radical (unpaired) electrons. The molecule has 1 N–H and O–H groups in total. The van der Waals surface area contributed by atoms with E-state index in [4.69, 9.17) is 9.84 Å². The van der Waals surface area contributed by atoms with Crippen LogP contribution in [0.15, 0.2) is 12.4 Å². The largest absolute Gasteiger partial charge is 0.476 e. The lowest BCUT2D eigenvalue weighted by molar-refractivity contribution is 0.0686. The smallest absolute Gasteiger partial charge is 0.356 e. The minimum Gasteiger partial charge on any atom is -0.476 e. The summed E-state index contributed by atoms with van der Waals surface area (Å²) in [6.45, 7) is 1.11. The van der Waals surface area contributed by atoms with Crippen LogP contribution in [0.1, 0.15) is 27.4 Å². The van der Waals surface area contributed by atoms with Crippen LogP contribution in [0.3, 0.4) is 0 Å². The molecule has 98 valence electrons. The molecule has 18 heavy (non-hydrogen) atoms. The van der Waals surface area contributed by atoms with Gasteiger partial charge < -0.3 is 14.7 Å². The number of amides is 1. The van der Waals surface area contributed by atoms with Gasteiger partial charge in [0.15, 0.2) is 5.69 Å². The second-order valence-corrected chi connectivity index (χ2v) is 3.67. The first-order valence-electron chi connectivity index (χ1n) is 5.36. The number of hydrogen-bond donors (Lipinski definition) is 1. The number of aromatic nitrogens is 2. The first kappa shape index (κ1) is 14.0. The molecule has 0 bridgehead atoms. The third kappa shape index (κ3) is 3.77. The second-order valence-electron chi connectivity index (χ2n) is 3.67.